The molecular formula is C24H25Cl2N3O4. The summed E-state index contributed by atoms with van der Waals surface area (Å²) in [4.78, 5) is 35.9. The van der Waals surface area contributed by atoms with Gasteiger partial charge in [-0.2, -0.15) is 0 Å². The molecule has 0 spiro atoms. The summed E-state index contributed by atoms with van der Waals surface area (Å²) in [5, 5.41) is 18.7. The van der Waals surface area contributed by atoms with E-state index in [4.69, 9.17) is 23.2 Å². The van der Waals surface area contributed by atoms with Gasteiger partial charge >= 0.3 is 5.97 Å². The molecule has 1 heterocycles. The Bertz CT molecular complexity index is 1100. The Morgan fingerprint density at radius 3 is 2.52 bits per heavy atom. The van der Waals surface area contributed by atoms with Crippen LogP contribution >= 0.6 is 23.2 Å². The summed E-state index contributed by atoms with van der Waals surface area (Å²) >= 11 is 12.4. The SMILES string of the molecule is CC(C)C(=O)NCCc1ccc(NC(=O)C=C2CC(C(=O)O)Nc3cc(Cl)cc(Cl)c32)cc1. The van der Waals surface area contributed by atoms with Gasteiger partial charge in [0, 0.05) is 46.9 Å². The molecule has 0 saturated carbocycles. The Kier molecular flexibility index (Phi) is 8.00. The van der Waals surface area contributed by atoms with Crippen LogP contribution in [0.1, 0.15) is 31.4 Å². The highest BCUT2D eigenvalue weighted by Crippen LogP contribution is 2.40. The number of carboxylic acid groups (broad SMARTS) is 1. The minimum absolute atomic E-state index is 0.0129. The summed E-state index contributed by atoms with van der Waals surface area (Å²) in [7, 11) is 0. The summed E-state index contributed by atoms with van der Waals surface area (Å²) in [6.45, 7) is 4.22. The summed E-state index contributed by atoms with van der Waals surface area (Å²) in [6, 6.07) is 9.55. The van der Waals surface area contributed by atoms with E-state index in [2.05, 4.69) is 16.0 Å². The first kappa shape index (κ1) is 24.6. The maximum absolute atomic E-state index is 12.7. The highest BCUT2D eigenvalue weighted by atomic mass is 35.5. The highest BCUT2D eigenvalue weighted by molar-refractivity contribution is 6.36. The van der Waals surface area contributed by atoms with Crippen molar-refractivity contribution in [2.75, 3.05) is 17.2 Å². The van der Waals surface area contributed by atoms with Gasteiger partial charge in [0.15, 0.2) is 0 Å². The number of hydrogen-bond acceptors (Lipinski definition) is 4. The Morgan fingerprint density at radius 2 is 1.88 bits per heavy atom. The van der Waals surface area contributed by atoms with E-state index in [0.717, 1.165) is 5.56 Å². The van der Waals surface area contributed by atoms with Crippen LogP contribution in [-0.2, 0) is 20.8 Å². The summed E-state index contributed by atoms with van der Waals surface area (Å²) < 4.78 is 0. The number of halogens is 2. The number of rotatable bonds is 7. The molecule has 1 unspecified atom stereocenters. The summed E-state index contributed by atoms with van der Waals surface area (Å²) in [6.07, 6.45) is 2.14. The molecular weight excluding hydrogens is 465 g/mol. The minimum atomic E-state index is -1.04. The molecule has 0 bridgehead atoms. The van der Waals surface area contributed by atoms with Crippen LogP contribution < -0.4 is 16.0 Å². The van der Waals surface area contributed by atoms with E-state index in [-0.39, 0.29) is 18.2 Å². The number of carboxylic acids is 1. The number of amides is 2. The third kappa shape index (κ3) is 6.49. The number of aliphatic carboxylic acids is 1. The molecule has 0 radical (unpaired) electrons. The molecule has 2 aromatic rings. The molecule has 0 aromatic heterocycles. The van der Waals surface area contributed by atoms with Crippen LogP contribution in [0.25, 0.3) is 5.57 Å². The topological polar surface area (TPSA) is 108 Å². The first-order valence-corrected chi connectivity index (χ1v) is 11.3. The number of carbonyl (C=O) groups excluding carboxylic acids is 2. The number of benzene rings is 2. The van der Waals surface area contributed by atoms with E-state index < -0.39 is 17.9 Å². The van der Waals surface area contributed by atoms with Gasteiger partial charge in [0.25, 0.3) is 0 Å². The van der Waals surface area contributed by atoms with Gasteiger partial charge in [0.05, 0.1) is 5.02 Å². The van der Waals surface area contributed by atoms with Crippen LogP contribution in [0.3, 0.4) is 0 Å². The largest absolute Gasteiger partial charge is 0.480 e. The lowest BCUT2D eigenvalue weighted by atomic mass is 9.92. The van der Waals surface area contributed by atoms with E-state index in [9.17, 15) is 19.5 Å². The van der Waals surface area contributed by atoms with Crippen molar-refractivity contribution < 1.29 is 19.5 Å². The van der Waals surface area contributed by atoms with Crippen molar-refractivity contribution in [1.29, 1.82) is 0 Å². The second-order valence-corrected chi connectivity index (χ2v) is 8.94. The Balaban J connectivity index is 1.70. The maximum atomic E-state index is 12.7. The highest BCUT2D eigenvalue weighted by Gasteiger charge is 2.29. The first-order chi connectivity index (χ1) is 15.6. The zero-order valence-electron chi connectivity index (χ0n) is 18.2. The van der Waals surface area contributed by atoms with E-state index in [0.29, 0.717) is 45.5 Å². The molecule has 2 aromatic carbocycles. The average molecular weight is 490 g/mol. The Labute approximate surface area is 202 Å². The number of hydrogen-bond donors (Lipinski definition) is 4. The molecule has 1 aliphatic heterocycles. The fourth-order valence-electron chi connectivity index (χ4n) is 3.48. The molecule has 4 N–H and O–H groups in total. The standard InChI is InChI=1S/C24H25Cl2N3O4/c1-13(2)23(31)27-8-7-14-3-5-17(6-4-14)28-21(30)10-15-9-20(24(32)33)29-19-12-16(25)11-18(26)22(15)19/h3-6,10-13,20,29H,7-9H2,1-2H3,(H,27,31)(H,28,30)(H,32,33). The monoisotopic (exact) mass is 489 g/mol. The molecule has 174 valence electrons. The van der Waals surface area contributed by atoms with Crippen molar-refractivity contribution in [3.63, 3.8) is 0 Å². The van der Waals surface area contributed by atoms with Crippen LogP contribution in [0.4, 0.5) is 11.4 Å². The van der Waals surface area contributed by atoms with Crippen LogP contribution in [-0.4, -0.2) is 35.5 Å². The van der Waals surface area contributed by atoms with Crippen molar-refractivity contribution in [1.82, 2.24) is 5.32 Å². The quantitative estimate of drug-likeness (QED) is 0.425. The van der Waals surface area contributed by atoms with Gasteiger partial charge in [0.1, 0.15) is 6.04 Å². The van der Waals surface area contributed by atoms with E-state index >= 15 is 0 Å². The average Bonchev–Trinajstić information content (AvgIpc) is 2.73. The Morgan fingerprint density at radius 1 is 1.18 bits per heavy atom. The first-order valence-electron chi connectivity index (χ1n) is 10.5. The smallest absolute Gasteiger partial charge is 0.326 e. The minimum Gasteiger partial charge on any atom is -0.480 e. The maximum Gasteiger partial charge on any atom is 0.326 e. The van der Waals surface area contributed by atoms with E-state index in [1.54, 1.807) is 24.3 Å². The molecule has 0 fully saturated rings. The van der Waals surface area contributed by atoms with Crippen LogP contribution in [0.5, 0.6) is 0 Å². The van der Waals surface area contributed by atoms with Gasteiger partial charge in [-0.25, -0.2) is 4.79 Å². The van der Waals surface area contributed by atoms with Gasteiger partial charge in [-0.1, -0.05) is 49.2 Å². The lowest BCUT2D eigenvalue weighted by Gasteiger charge is -2.27. The molecule has 1 aliphatic rings. The van der Waals surface area contributed by atoms with Gasteiger partial charge in [0.2, 0.25) is 11.8 Å². The van der Waals surface area contributed by atoms with Crippen LogP contribution in [0.15, 0.2) is 42.5 Å². The molecule has 3 rings (SSSR count). The number of fused-ring (bicyclic) bond motifs is 1. The normalized spacial score (nSPS) is 16.2. The molecule has 0 saturated heterocycles. The molecule has 2 amide bonds. The molecule has 0 aliphatic carbocycles. The van der Waals surface area contributed by atoms with Crippen LogP contribution in [0, 0.1) is 5.92 Å². The van der Waals surface area contributed by atoms with Crippen molar-refractivity contribution >= 4 is 57.9 Å². The summed E-state index contributed by atoms with van der Waals surface area (Å²) in [5.74, 6) is -1.48. The Hall–Kier alpha value is -3.03. The zero-order chi connectivity index (χ0) is 24.1. The van der Waals surface area contributed by atoms with Crippen molar-refractivity contribution in [3.8, 4) is 0 Å². The third-order valence-corrected chi connectivity index (χ3v) is 5.71. The van der Waals surface area contributed by atoms with Gasteiger partial charge in [-0.05, 0) is 41.8 Å². The lowest BCUT2D eigenvalue weighted by molar-refractivity contribution is -0.137. The molecule has 1 atom stereocenters. The summed E-state index contributed by atoms with van der Waals surface area (Å²) in [5.41, 5.74) is 3.16. The van der Waals surface area contributed by atoms with Crippen molar-refractivity contribution in [2.24, 2.45) is 5.92 Å². The van der Waals surface area contributed by atoms with Crippen LogP contribution in [0.2, 0.25) is 10.0 Å². The van der Waals surface area contributed by atoms with Gasteiger partial charge in [-0.15, -0.1) is 0 Å². The fraction of sp³-hybridized carbons (Fsp3) is 0.292. The third-order valence-electron chi connectivity index (χ3n) is 5.19. The predicted octanol–water partition coefficient (Wildman–Crippen LogP) is 4.60. The fourth-order valence-corrected chi connectivity index (χ4v) is 4.09. The van der Waals surface area contributed by atoms with Gasteiger partial charge < -0.3 is 21.1 Å². The molecule has 33 heavy (non-hydrogen) atoms. The molecule has 7 nitrogen and oxygen atoms in total. The van der Waals surface area contributed by atoms with Crippen molar-refractivity contribution in [2.45, 2.75) is 32.7 Å². The van der Waals surface area contributed by atoms with Crippen molar-refractivity contribution in [3.05, 3.63) is 63.6 Å². The second kappa shape index (κ2) is 10.7. The zero-order valence-corrected chi connectivity index (χ0v) is 19.8. The number of anilines is 2. The predicted molar refractivity (Wildman–Crippen MR) is 131 cm³/mol. The molecule has 9 heteroatoms. The van der Waals surface area contributed by atoms with Gasteiger partial charge in [-0.3, -0.25) is 9.59 Å². The number of nitrogens with one attached hydrogen (secondary N) is 3. The lowest BCUT2D eigenvalue weighted by Crippen LogP contribution is -2.33. The van der Waals surface area contributed by atoms with E-state index in [1.807, 2.05) is 26.0 Å². The second-order valence-electron chi connectivity index (χ2n) is 8.10. The van der Waals surface area contributed by atoms with E-state index in [1.165, 1.54) is 6.08 Å². The number of carbonyl (C=O) groups is 3.